The summed E-state index contributed by atoms with van der Waals surface area (Å²) in [6.45, 7) is 0. The first-order chi connectivity index (χ1) is 9.59. The van der Waals surface area contributed by atoms with Crippen molar-refractivity contribution in [2.24, 2.45) is 0 Å². The largest absolute Gasteiger partial charge is 0.367 e. The van der Waals surface area contributed by atoms with E-state index >= 15 is 0 Å². The van der Waals surface area contributed by atoms with Crippen molar-refractivity contribution in [2.45, 2.75) is 6.23 Å². The number of Topliss-reactive ketones (excluding diaryl/α,β-unsaturated/α-hetero) is 1. The van der Waals surface area contributed by atoms with E-state index in [0.717, 1.165) is 0 Å². The summed E-state index contributed by atoms with van der Waals surface area (Å²) >= 11 is 5.87. The van der Waals surface area contributed by atoms with Gasteiger partial charge in [-0.05, 0) is 12.1 Å². The predicted octanol–water partition coefficient (Wildman–Crippen LogP) is 2.27. The molecule has 0 unspecified atom stereocenters. The lowest BCUT2D eigenvalue weighted by molar-refractivity contribution is 0.0607. The number of nitrogens with one attached hydrogen (secondary N) is 1. The van der Waals surface area contributed by atoms with Crippen LogP contribution < -0.4 is 5.32 Å². The van der Waals surface area contributed by atoms with Gasteiger partial charge >= 0.3 is 0 Å². The van der Waals surface area contributed by atoms with E-state index in [1.165, 1.54) is 6.07 Å². The summed E-state index contributed by atoms with van der Waals surface area (Å²) in [5.74, 6) is -1.18. The number of carbonyl (C=O) groups excluding carboxylic acids is 2. The van der Waals surface area contributed by atoms with Gasteiger partial charge in [0.1, 0.15) is 0 Å². The minimum absolute atomic E-state index is 0.203. The van der Waals surface area contributed by atoms with Crippen molar-refractivity contribution in [3.05, 3.63) is 70.7 Å². The third-order valence-electron chi connectivity index (χ3n) is 2.69. The number of carbonyl (C=O) groups is 2. The molecule has 0 spiro atoms. The molecule has 5 heteroatoms. The van der Waals surface area contributed by atoms with Crippen molar-refractivity contribution in [1.29, 1.82) is 0 Å². The first-order valence-corrected chi connectivity index (χ1v) is 6.30. The van der Waals surface area contributed by atoms with Crippen molar-refractivity contribution >= 4 is 23.3 Å². The first kappa shape index (κ1) is 14.2. The summed E-state index contributed by atoms with van der Waals surface area (Å²) in [4.78, 5) is 23.8. The second-order valence-electron chi connectivity index (χ2n) is 4.09. The van der Waals surface area contributed by atoms with Crippen LogP contribution in [-0.2, 0) is 0 Å². The molecule has 0 bridgehead atoms. The Kier molecular flexibility index (Phi) is 4.50. The fraction of sp³-hybridized carbons (Fsp3) is 0.0667. The first-order valence-electron chi connectivity index (χ1n) is 5.92. The van der Waals surface area contributed by atoms with Gasteiger partial charge in [0.2, 0.25) is 5.78 Å². The van der Waals surface area contributed by atoms with Gasteiger partial charge in [0.25, 0.3) is 5.91 Å². The van der Waals surface area contributed by atoms with Crippen LogP contribution in [0.3, 0.4) is 0 Å². The molecule has 2 rings (SSSR count). The van der Waals surface area contributed by atoms with Crippen LogP contribution in [-0.4, -0.2) is 23.0 Å². The molecule has 4 nitrogen and oxygen atoms in total. The van der Waals surface area contributed by atoms with Gasteiger partial charge in [0, 0.05) is 5.56 Å². The number of hydrogen-bond donors (Lipinski definition) is 2. The molecule has 1 amide bonds. The average molecular weight is 290 g/mol. The number of ketones is 1. The van der Waals surface area contributed by atoms with Crippen molar-refractivity contribution < 1.29 is 14.7 Å². The Hall–Kier alpha value is -2.17. The second kappa shape index (κ2) is 6.32. The number of aliphatic hydroxyl groups excluding tert-OH is 1. The maximum Gasteiger partial charge on any atom is 0.255 e. The molecule has 20 heavy (non-hydrogen) atoms. The molecule has 0 aliphatic carbocycles. The van der Waals surface area contributed by atoms with E-state index in [4.69, 9.17) is 11.6 Å². The molecule has 1 atom stereocenters. The van der Waals surface area contributed by atoms with E-state index in [1.807, 2.05) is 0 Å². The molecule has 0 heterocycles. The average Bonchev–Trinajstić information content (AvgIpc) is 2.47. The van der Waals surface area contributed by atoms with E-state index in [9.17, 15) is 14.7 Å². The Morgan fingerprint density at radius 2 is 1.60 bits per heavy atom. The smallest absolute Gasteiger partial charge is 0.255 e. The van der Waals surface area contributed by atoms with Crippen LogP contribution in [0.5, 0.6) is 0 Å². The third-order valence-corrected chi connectivity index (χ3v) is 3.02. The lowest BCUT2D eigenvalue weighted by Crippen LogP contribution is -2.40. The molecule has 102 valence electrons. The standard InChI is InChI=1S/C15H12ClNO3/c16-12-9-5-4-8-11(12)14(19)17-15(20)13(18)10-6-2-1-3-7-10/h1-9,15,20H,(H,17,19)/t15-/m1/s1. The third kappa shape index (κ3) is 3.23. The molecule has 2 N–H and O–H groups in total. The molecule has 0 fully saturated rings. The van der Waals surface area contributed by atoms with Crippen LogP contribution >= 0.6 is 11.6 Å². The van der Waals surface area contributed by atoms with E-state index in [1.54, 1.807) is 48.5 Å². The van der Waals surface area contributed by atoms with E-state index in [0.29, 0.717) is 5.56 Å². The van der Waals surface area contributed by atoms with Gasteiger partial charge in [0.15, 0.2) is 6.23 Å². The van der Waals surface area contributed by atoms with E-state index < -0.39 is 17.9 Å². The molecule has 0 saturated carbocycles. The summed E-state index contributed by atoms with van der Waals surface area (Å²) in [6.07, 6.45) is -1.61. The Bertz CT molecular complexity index is 628. The van der Waals surface area contributed by atoms with Crippen LogP contribution in [0.25, 0.3) is 0 Å². The van der Waals surface area contributed by atoms with Crippen molar-refractivity contribution in [2.75, 3.05) is 0 Å². The number of rotatable bonds is 4. The highest BCUT2D eigenvalue weighted by Gasteiger charge is 2.20. The van der Waals surface area contributed by atoms with Crippen LogP contribution in [0.4, 0.5) is 0 Å². The van der Waals surface area contributed by atoms with Gasteiger partial charge in [-0.2, -0.15) is 0 Å². The molecule has 0 saturated heterocycles. The number of aliphatic hydroxyl groups is 1. The molecule has 0 aromatic heterocycles. The number of hydrogen-bond acceptors (Lipinski definition) is 3. The van der Waals surface area contributed by atoms with Gasteiger partial charge in [0.05, 0.1) is 10.6 Å². The number of amides is 1. The lowest BCUT2D eigenvalue weighted by atomic mass is 10.1. The normalized spacial score (nSPS) is 11.7. The van der Waals surface area contributed by atoms with Crippen LogP contribution in [0.1, 0.15) is 20.7 Å². The van der Waals surface area contributed by atoms with Crippen molar-refractivity contribution in [3.8, 4) is 0 Å². The molecule has 0 radical (unpaired) electrons. The van der Waals surface area contributed by atoms with Gasteiger partial charge in [-0.1, -0.05) is 54.1 Å². The van der Waals surface area contributed by atoms with Gasteiger partial charge in [-0.25, -0.2) is 0 Å². The maximum absolute atomic E-state index is 11.9. The minimum Gasteiger partial charge on any atom is -0.367 e. The van der Waals surface area contributed by atoms with E-state index in [-0.39, 0.29) is 10.6 Å². The zero-order valence-electron chi connectivity index (χ0n) is 10.4. The quantitative estimate of drug-likeness (QED) is 0.670. The molecule has 0 aliphatic rings. The topological polar surface area (TPSA) is 66.4 Å². The number of benzene rings is 2. The summed E-state index contributed by atoms with van der Waals surface area (Å²) in [5.41, 5.74) is 0.522. The van der Waals surface area contributed by atoms with E-state index in [2.05, 4.69) is 5.32 Å². The SMILES string of the molecule is O=C(N[C@H](O)C(=O)c1ccccc1)c1ccccc1Cl. The molecule has 2 aromatic rings. The fourth-order valence-corrected chi connectivity index (χ4v) is 1.89. The molecule has 0 aliphatic heterocycles. The Morgan fingerprint density at radius 3 is 2.25 bits per heavy atom. The second-order valence-corrected chi connectivity index (χ2v) is 4.49. The number of halogens is 1. The van der Waals surface area contributed by atoms with Gasteiger partial charge in [-0.3, -0.25) is 9.59 Å². The maximum atomic E-state index is 11.9. The van der Waals surface area contributed by atoms with Crippen LogP contribution in [0.15, 0.2) is 54.6 Å². The molecular weight excluding hydrogens is 278 g/mol. The summed E-state index contributed by atoms with van der Waals surface area (Å²) < 4.78 is 0. The van der Waals surface area contributed by atoms with Gasteiger partial charge in [-0.15, -0.1) is 0 Å². The predicted molar refractivity (Wildman–Crippen MR) is 75.7 cm³/mol. The van der Waals surface area contributed by atoms with Gasteiger partial charge < -0.3 is 10.4 Å². The van der Waals surface area contributed by atoms with Crippen LogP contribution in [0, 0.1) is 0 Å². The van der Waals surface area contributed by atoms with Crippen molar-refractivity contribution in [1.82, 2.24) is 5.32 Å². The summed E-state index contributed by atoms with van der Waals surface area (Å²) in [5, 5.41) is 12.2. The lowest BCUT2D eigenvalue weighted by Gasteiger charge is -2.12. The van der Waals surface area contributed by atoms with Crippen molar-refractivity contribution in [3.63, 3.8) is 0 Å². The minimum atomic E-state index is -1.61. The summed E-state index contributed by atoms with van der Waals surface area (Å²) in [6, 6.07) is 14.6. The highest BCUT2D eigenvalue weighted by molar-refractivity contribution is 6.33. The molecule has 2 aromatic carbocycles. The van der Waals surface area contributed by atoms with Crippen LogP contribution in [0.2, 0.25) is 5.02 Å². The fourth-order valence-electron chi connectivity index (χ4n) is 1.67. The Balaban J connectivity index is 2.09. The molecular formula is C15H12ClNO3. The highest BCUT2D eigenvalue weighted by atomic mass is 35.5. The Morgan fingerprint density at radius 1 is 1.00 bits per heavy atom. The monoisotopic (exact) mass is 289 g/mol. The zero-order valence-corrected chi connectivity index (χ0v) is 11.2. The Labute approximate surface area is 121 Å². The highest BCUT2D eigenvalue weighted by Crippen LogP contribution is 2.14. The summed E-state index contributed by atoms with van der Waals surface area (Å²) in [7, 11) is 0. The zero-order chi connectivity index (χ0) is 14.5.